The van der Waals surface area contributed by atoms with E-state index in [4.69, 9.17) is 23.2 Å². The van der Waals surface area contributed by atoms with Crippen LogP contribution < -0.4 is 0 Å². The maximum atomic E-state index is 10.7. The molecule has 1 aliphatic heterocycles. The number of halogens is 2. The highest BCUT2D eigenvalue weighted by atomic mass is 35.5. The number of aliphatic hydroxyl groups is 1. The molecule has 3 aromatic rings. The smallest absolute Gasteiger partial charge is 0.0845 e. The van der Waals surface area contributed by atoms with E-state index in [0.29, 0.717) is 16.6 Å². The van der Waals surface area contributed by atoms with E-state index in [1.807, 2.05) is 36.4 Å². The SMILES string of the molecule is O[C@H](CN1CCCCC1)Cn1c2ccc(Cl)cc2c2cc(Cl)ccc21. The zero-order chi connectivity index (χ0) is 17.4. The number of hydrogen-bond donors (Lipinski definition) is 1. The van der Waals surface area contributed by atoms with Crippen molar-refractivity contribution in [1.29, 1.82) is 0 Å². The Hall–Kier alpha value is -1.26. The lowest BCUT2D eigenvalue weighted by molar-refractivity contribution is 0.0901. The van der Waals surface area contributed by atoms with Gasteiger partial charge in [-0.15, -0.1) is 0 Å². The number of piperidine rings is 1. The summed E-state index contributed by atoms with van der Waals surface area (Å²) >= 11 is 12.4. The summed E-state index contributed by atoms with van der Waals surface area (Å²) in [5.41, 5.74) is 2.17. The van der Waals surface area contributed by atoms with Crippen molar-refractivity contribution >= 4 is 45.0 Å². The predicted molar refractivity (Wildman–Crippen MR) is 106 cm³/mol. The molecule has 0 radical (unpaired) electrons. The molecule has 0 saturated carbocycles. The van der Waals surface area contributed by atoms with Crippen molar-refractivity contribution in [2.45, 2.75) is 31.9 Å². The number of aliphatic hydroxyl groups excluding tert-OH is 1. The van der Waals surface area contributed by atoms with Crippen LogP contribution in [0.25, 0.3) is 21.8 Å². The molecule has 1 atom stereocenters. The molecule has 1 fully saturated rings. The van der Waals surface area contributed by atoms with Crippen molar-refractivity contribution in [2.24, 2.45) is 0 Å². The van der Waals surface area contributed by atoms with E-state index < -0.39 is 6.10 Å². The number of likely N-dealkylation sites (tertiary alicyclic amines) is 1. The normalized spacial score (nSPS) is 17.4. The van der Waals surface area contributed by atoms with Crippen molar-refractivity contribution in [1.82, 2.24) is 9.47 Å². The summed E-state index contributed by atoms with van der Waals surface area (Å²) in [6, 6.07) is 11.8. The molecule has 0 aliphatic carbocycles. The molecule has 0 unspecified atom stereocenters. The molecule has 0 amide bonds. The highest BCUT2D eigenvalue weighted by molar-refractivity contribution is 6.33. The second-order valence-electron chi connectivity index (χ2n) is 6.95. The molecule has 2 aromatic carbocycles. The zero-order valence-electron chi connectivity index (χ0n) is 14.1. The topological polar surface area (TPSA) is 28.4 Å². The van der Waals surface area contributed by atoms with Crippen LogP contribution in [0.4, 0.5) is 0 Å². The van der Waals surface area contributed by atoms with Crippen molar-refractivity contribution in [2.75, 3.05) is 19.6 Å². The van der Waals surface area contributed by atoms with Gasteiger partial charge in [0.05, 0.1) is 12.6 Å². The van der Waals surface area contributed by atoms with Gasteiger partial charge in [-0.05, 0) is 62.3 Å². The Morgan fingerprint density at radius 2 is 1.40 bits per heavy atom. The average Bonchev–Trinajstić information content (AvgIpc) is 2.88. The van der Waals surface area contributed by atoms with Crippen LogP contribution in [0.5, 0.6) is 0 Å². The van der Waals surface area contributed by atoms with E-state index >= 15 is 0 Å². The quantitative estimate of drug-likeness (QED) is 0.697. The molecule has 3 nitrogen and oxygen atoms in total. The van der Waals surface area contributed by atoms with Crippen molar-refractivity contribution in [3.8, 4) is 0 Å². The molecule has 0 spiro atoms. The third-order valence-electron chi connectivity index (χ3n) is 5.10. The van der Waals surface area contributed by atoms with Crippen molar-refractivity contribution in [3.63, 3.8) is 0 Å². The number of β-amino-alcohol motifs (C(OH)–C–C–N with tert-alkyl or cyclic N) is 1. The monoisotopic (exact) mass is 376 g/mol. The van der Waals surface area contributed by atoms with Crippen LogP contribution in [0.15, 0.2) is 36.4 Å². The third kappa shape index (κ3) is 3.52. The fraction of sp³-hybridized carbons (Fsp3) is 0.400. The Labute approximate surface area is 157 Å². The van der Waals surface area contributed by atoms with E-state index in [0.717, 1.165) is 41.4 Å². The molecular formula is C20H22Cl2N2O. The van der Waals surface area contributed by atoms with Crippen LogP contribution in [0.3, 0.4) is 0 Å². The molecule has 1 aliphatic rings. The highest BCUT2D eigenvalue weighted by Crippen LogP contribution is 2.33. The molecule has 1 N–H and O–H groups in total. The first-order valence-electron chi connectivity index (χ1n) is 8.89. The van der Waals surface area contributed by atoms with Crippen LogP contribution in [0, 0.1) is 0 Å². The number of rotatable bonds is 4. The summed E-state index contributed by atoms with van der Waals surface area (Å²) in [6.45, 7) is 3.48. The zero-order valence-corrected chi connectivity index (χ0v) is 15.6. The molecule has 0 bridgehead atoms. The second-order valence-corrected chi connectivity index (χ2v) is 7.82. The van der Waals surface area contributed by atoms with Gasteiger partial charge in [-0.1, -0.05) is 29.6 Å². The van der Waals surface area contributed by atoms with Gasteiger partial charge in [0.2, 0.25) is 0 Å². The van der Waals surface area contributed by atoms with Gasteiger partial charge in [-0.3, -0.25) is 0 Å². The Bertz CT molecular complexity index is 840. The molecule has 132 valence electrons. The van der Waals surface area contributed by atoms with Crippen LogP contribution in [0.1, 0.15) is 19.3 Å². The summed E-state index contributed by atoms with van der Waals surface area (Å²) < 4.78 is 2.19. The van der Waals surface area contributed by atoms with Crippen molar-refractivity contribution in [3.05, 3.63) is 46.4 Å². The second kappa shape index (κ2) is 7.16. The van der Waals surface area contributed by atoms with Gasteiger partial charge in [-0.25, -0.2) is 0 Å². The summed E-state index contributed by atoms with van der Waals surface area (Å²) in [4.78, 5) is 2.37. The van der Waals surface area contributed by atoms with Gasteiger partial charge >= 0.3 is 0 Å². The first-order chi connectivity index (χ1) is 12.1. The molecule has 5 heteroatoms. The van der Waals surface area contributed by atoms with E-state index in [1.54, 1.807) is 0 Å². The lowest BCUT2D eigenvalue weighted by Crippen LogP contribution is -2.38. The fourth-order valence-electron chi connectivity index (χ4n) is 3.95. The molecule has 2 heterocycles. The molecule has 4 rings (SSSR count). The maximum absolute atomic E-state index is 10.7. The summed E-state index contributed by atoms with van der Waals surface area (Å²) in [5, 5.41) is 14.3. The number of nitrogens with zero attached hydrogens (tertiary/aromatic N) is 2. The number of hydrogen-bond acceptors (Lipinski definition) is 2. The Balaban J connectivity index is 1.69. The largest absolute Gasteiger partial charge is 0.390 e. The Morgan fingerprint density at radius 1 is 0.840 bits per heavy atom. The van der Waals surface area contributed by atoms with Gasteiger partial charge in [-0.2, -0.15) is 0 Å². The van der Waals surface area contributed by atoms with Crippen LogP contribution in [-0.4, -0.2) is 40.3 Å². The summed E-state index contributed by atoms with van der Waals surface area (Å²) in [5.74, 6) is 0. The molecule has 1 saturated heterocycles. The number of benzene rings is 2. The minimum atomic E-state index is -0.400. The summed E-state index contributed by atoms with van der Waals surface area (Å²) in [6.07, 6.45) is 3.38. The van der Waals surface area contributed by atoms with Crippen molar-refractivity contribution < 1.29 is 5.11 Å². The lowest BCUT2D eigenvalue weighted by Gasteiger charge is -2.28. The van der Waals surface area contributed by atoms with E-state index in [9.17, 15) is 5.11 Å². The molecule has 25 heavy (non-hydrogen) atoms. The van der Waals surface area contributed by atoms with Crippen LogP contribution in [-0.2, 0) is 6.54 Å². The van der Waals surface area contributed by atoms with Crippen LogP contribution >= 0.6 is 23.2 Å². The first kappa shape index (κ1) is 17.2. The van der Waals surface area contributed by atoms with Gasteiger partial charge in [0, 0.05) is 38.4 Å². The van der Waals surface area contributed by atoms with Gasteiger partial charge in [0.25, 0.3) is 0 Å². The number of fused-ring (bicyclic) bond motifs is 3. The standard InChI is InChI=1S/C20H22Cl2N2O/c21-14-4-6-19-17(10-14)18-11-15(22)5-7-20(18)24(19)13-16(25)12-23-8-2-1-3-9-23/h4-7,10-11,16,25H,1-3,8-9,12-13H2/t16-/m1/s1. The average molecular weight is 377 g/mol. The van der Waals surface area contributed by atoms with Gasteiger partial charge in [0.1, 0.15) is 0 Å². The van der Waals surface area contributed by atoms with E-state index in [2.05, 4.69) is 9.47 Å². The Kier molecular flexibility index (Phi) is 4.92. The molecular weight excluding hydrogens is 355 g/mol. The number of aromatic nitrogens is 1. The minimum Gasteiger partial charge on any atom is -0.390 e. The fourth-order valence-corrected chi connectivity index (χ4v) is 4.30. The van der Waals surface area contributed by atoms with Crippen LogP contribution in [0.2, 0.25) is 10.0 Å². The maximum Gasteiger partial charge on any atom is 0.0845 e. The minimum absolute atomic E-state index is 0.400. The Morgan fingerprint density at radius 3 is 1.96 bits per heavy atom. The first-order valence-corrected chi connectivity index (χ1v) is 9.65. The summed E-state index contributed by atoms with van der Waals surface area (Å²) in [7, 11) is 0. The third-order valence-corrected chi connectivity index (χ3v) is 5.57. The van der Waals surface area contributed by atoms with E-state index in [1.165, 1.54) is 19.3 Å². The van der Waals surface area contributed by atoms with Gasteiger partial charge < -0.3 is 14.6 Å². The highest BCUT2D eigenvalue weighted by Gasteiger charge is 2.18. The lowest BCUT2D eigenvalue weighted by atomic mass is 10.1. The van der Waals surface area contributed by atoms with E-state index in [-0.39, 0.29) is 0 Å². The molecule has 1 aromatic heterocycles. The predicted octanol–water partition coefficient (Wildman–Crippen LogP) is 4.95. The van der Waals surface area contributed by atoms with Gasteiger partial charge in [0.15, 0.2) is 0 Å².